The average molecular weight is 228 g/mol. The van der Waals surface area contributed by atoms with Crippen molar-refractivity contribution in [3.63, 3.8) is 0 Å². The zero-order chi connectivity index (χ0) is 12.7. The molecule has 0 radical (unpaired) electrons. The summed E-state index contributed by atoms with van der Waals surface area (Å²) in [6.07, 6.45) is 1.61. The highest BCUT2D eigenvalue weighted by atomic mass is 16.4. The number of hydrogen-bond donors (Lipinski definition) is 2. The second kappa shape index (κ2) is 6.87. The van der Waals surface area contributed by atoms with Crippen LogP contribution in [-0.2, 0) is 4.79 Å². The van der Waals surface area contributed by atoms with E-state index in [1.807, 2.05) is 6.92 Å². The molecule has 92 valence electrons. The highest BCUT2D eigenvalue weighted by Gasteiger charge is 2.24. The van der Waals surface area contributed by atoms with Gasteiger partial charge in [-0.25, -0.2) is 9.59 Å². The lowest BCUT2D eigenvalue weighted by Gasteiger charge is -2.24. The van der Waals surface area contributed by atoms with Crippen molar-refractivity contribution in [2.24, 2.45) is 5.92 Å². The predicted octanol–water partition coefficient (Wildman–Crippen LogP) is 1.31. The van der Waals surface area contributed by atoms with E-state index in [1.165, 1.54) is 4.90 Å². The van der Waals surface area contributed by atoms with Crippen LogP contribution >= 0.6 is 0 Å². The molecule has 0 saturated heterocycles. The number of carboxylic acids is 1. The average Bonchev–Trinajstić information content (AvgIpc) is 2.21. The zero-order valence-corrected chi connectivity index (χ0v) is 10.1. The summed E-state index contributed by atoms with van der Waals surface area (Å²) in [7, 11) is 0. The van der Waals surface area contributed by atoms with Crippen LogP contribution in [0.4, 0.5) is 4.79 Å². The monoisotopic (exact) mass is 228 g/mol. The van der Waals surface area contributed by atoms with E-state index in [4.69, 9.17) is 5.11 Å². The van der Waals surface area contributed by atoms with Crippen molar-refractivity contribution in [3.8, 4) is 0 Å². The summed E-state index contributed by atoms with van der Waals surface area (Å²) in [6, 6.07) is -1.23. The molecule has 0 heterocycles. The minimum Gasteiger partial charge on any atom is -0.480 e. The van der Waals surface area contributed by atoms with Crippen LogP contribution in [0, 0.1) is 5.92 Å². The van der Waals surface area contributed by atoms with Gasteiger partial charge >= 0.3 is 12.0 Å². The van der Waals surface area contributed by atoms with Gasteiger partial charge in [0.2, 0.25) is 0 Å². The van der Waals surface area contributed by atoms with Crippen molar-refractivity contribution >= 4 is 12.0 Å². The van der Waals surface area contributed by atoms with Crippen LogP contribution in [0.5, 0.6) is 0 Å². The Morgan fingerprint density at radius 3 is 2.38 bits per heavy atom. The Hall–Kier alpha value is -1.52. The molecule has 0 aliphatic heterocycles. The highest BCUT2D eigenvalue weighted by Crippen LogP contribution is 2.03. The third-order valence-corrected chi connectivity index (χ3v) is 2.23. The summed E-state index contributed by atoms with van der Waals surface area (Å²) in [6.45, 7) is 9.80. The first-order valence-electron chi connectivity index (χ1n) is 5.33. The number of hydrogen-bond acceptors (Lipinski definition) is 2. The fraction of sp³-hybridized carbons (Fsp3) is 0.636. The summed E-state index contributed by atoms with van der Waals surface area (Å²) in [4.78, 5) is 24.1. The number of carboxylic acid groups (broad SMARTS) is 1. The van der Waals surface area contributed by atoms with E-state index in [-0.39, 0.29) is 11.9 Å². The molecular formula is C11H20N2O3. The van der Waals surface area contributed by atoms with Gasteiger partial charge in [-0.3, -0.25) is 0 Å². The maximum absolute atomic E-state index is 11.7. The summed E-state index contributed by atoms with van der Waals surface area (Å²) in [5.74, 6) is -1.16. The maximum Gasteiger partial charge on any atom is 0.326 e. The summed E-state index contributed by atoms with van der Waals surface area (Å²) >= 11 is 0. The van der Waals surface area contributed by atoms with Gasteiger partial charge in [0.25, 0.3) is 0 Å². The molecule has 0 bridgehead atoms. The first-order valence-corrected chi connectivity index (χ1v) is 5.33. The molecule has 2 N–H and O–H groups in total. The van der Waals surface area contributed by atoms with Crippen molar-refractivity contribution in [2.75, 3.05) is 13.1 Å². The molecule has 1 atom stereocenters. The predicted molar refractivity (Wildman–Crippen MR) is 62.2 cm³/mol. The molecule has 0 aromatic carbocycles. The minimum absolute atomic E-state index is 0.149. The van der Waals surface area contributed by atoms with E-state index >= 15 is 0 Å². The standard InChI is InChI=1S/C11H20N2O3/c1-5-7-13(6-2)11(16)12-9(8(3)4)10(14)15/h5,8-9H,1,6-7H2,2-4H3,(H,12,16)(H,14,15). The van der Waals surface area contributed by atoms with Crippen molar-refractivity contribution in [3.05, 3.63) is 12.7 Å². The molecule has 0 aromatic rings. The van der Waals surface area contributed by atoms with E-state index in [2.05, 4.69) is 11.9 Å². The van der Waals surface area contributed by atoms with Gasteiger partial charge in [-0.2, -0.15) is 0 Å². The molecule has 0 saturated carbocycles. The number of nitrogens with one attached hydrogen (secondary N) is 1. The zero-order valence-electron chi connectivity index (χ0n) is 10.1. The number of nitrogens with zero attached hydrogens (tertiary/aromatic N) is 1. The molecule has 1 unspecified atom stereocenters. The Balaban J connectivity index is 4.49. The first kappa shape index (κ1) is 14.5. The molecule has 16 heavy (non-hydrogen) atoms. The molecule has 0 aliphatic rings. The van der Waals surface area contributed by atoms with Crippen molar-refractivity contribution < 1.29 is 14.7 Å². The lowest BCUT2D eigenvalue weighted by atomic mass is 10.1. The second-order valence-electron chi connectivity index (χ2n) is 3.84. The smallest absolute Gasteiger partial charge is 0.326 e. The molecule has 0 aromatic heterocycles. The number of amides is 2. The third-order valence-electron chi connectivity index (χ3n) is 2.23. The van der Waals surface area contributed by atoms with Gasteiger partial charge in [0, 0.05) is 13.1 Å². The Labute approximate surface area is 96.1 Å². The lowest BCUT2D eigenvalue weighted by molar-refractivity contribution is -0.140. The summed E-state index contributed by atoms with van der Waals surface area (Å²) < 4.78 is 0. The van der Waals surface area contributed by atoms with Crippen molar-refractivity contribution in [1.29, 1.82) is 0 Å². The molecule has 0 spiro atoms. The molecule has 5 heteroatoms. The number of rotatable bonds is 6. The van der Waals surface area contributed by atoms with Crippen LogP contribution in [0.25, 0.3) is 0 Å². The van der Waals surface area contributed by atoms with Crippen LogP contribution in [0.15, 0.2) is 12.7 Å². The number of carbonyl (C=O) groups excluding carboxylic acids is 1. The van der Waals surface area contributed by atoms with Crippen molar-refractivity contribution in [1.82, 2.24) is 10.2 Å². The largest absolute Gasteiger partial charge is 0.480 e. The quantitative estimate of drug-likeness (QED) is 0.673. The van der Waals surface area contributed by atoms with Crippen molar-refractivity contribution in [2.45, 2.75) is 26.8 Å². The molecular weight excluding hydrogens is 208 g/mol. The Kier molecular flexibility index (Phi) is 6.22. The van der Waals surface area contributed by atoms with E-state index in [1.54, 1.807) is 19.9 Å². The normalized spacial score (nSPS) is 12.0. The highest BCUT2D eigenvalue weighted by molar-refractivity contribution is 5.82. The fourth-order valence-electron chi connectivity index (χ4n) is 1.25. The second-order valence-corrected chi connectivity index (χ2v) is 3.84. The molecule has 5 nitrogen and oxygen atoms in total. The SMILES string of the molecule is C=CCN(CC)C(=O)NC(C(=O)O)C(C)C. The Morgan fingerprint density at radius 1 is 1.50 bits per heavy atom. The van der Waals surface area contributed by atoms with Crippen LogP contribution in [0.1, 0.15) is 20.8 Å². The van der Waals surface area contributed by atoms with Gasteiger partial charge in [0.05, 0.1) is 0 Å². The van der Waals surface area contributed by atoms with Gasteiger partial charge in [-0.05, 0) is 12.8 Å². The summed E-state index contributed by atoms with van der Waals surface area (Å²) in [5.41, 5.74) is 0. The third kappa shape index (κ3) is 4.33. The van der Waals surface area contributed by atoms with E-state index in [0.717, 1.165) is 0 Å². The number of likely N-dealkylation sites (N-methyl/N-ethyl adjacent to an activating group) is 1. The van der Waals surface area contributed by atoms with Gasteiger partial charge in [-0.15, -0.1) is 6.58 Å². The number of urea groups is 1. The van der Waals surface area contributed by atoms with Gasteiger partial charge in [0.15, 0.2) is 0 Å². The van der Waals surface area contributed by atoms with Crippen LogP contribution in [-0.4, -0.2) is 41.1 Å². The van der Waals surface area contributed by atoms with Crippen LogP contribution < -0.4 is 5.32 Å². The molecule has 0 aliphatic carbocycles. The van der Waals surface area contributed by atoms with Crippen LogP contribution in [0.3, 0.4) is 0 Å². The lowest BCUT2D eigenvalue weighted by Crippen LogP contribution is -2.50. The fourth-order valence-corrected chi connectivity index (χ4v) is 1.25. The minimum atomic E-state index is -1.02. The van der Waals surface area contributed by atoms with Gasteiger partial charge in [-0.1, -0.05) is 19.9 Å². The van der Waals surface area contributed by atoms with Gasteiger partial charge < -0.3 is 15.3 Å². The number of carbonyl (C=O) groups is 2. The van der Waals surface area contributed by atoms with E-state index < -0.39 is 12.0 Å². The maximum atomic E-state index is 11.7. The molecule has 2 amide bonds. The summed E-state index contributed by atoms with van der Waals surface area (Å²) in [5, 5.41) is 11.4. The first-order chi connectivity index (χ1) is 7.43. The Morgan fingerprint density at radius 2 is 2.06 bits per heavy atom. The molecule has 0 rings (SSSR count). The van der Waals surface area contributed by atoms with Gasteiger partial charge in [0.1, 0.15) is 6.04 Å². The topological polar surface area (TPSA) is 69.6 Å². The van der Waals surface area contributed by atoms with E-state index in [9.17, 15) is 9.59 Å². The Bertz CT molecular complexity index is 264. The van der Waals surface area contributed by atoms with Crippen LogP contribution in [0.2, 0.25) is 0 Å². The number of aliphatic carboxylic acids is 1. The molecule has 0 fully saturated rings. The van der Waals surface area contributed by atoms with E-state index in [0.29, 0.717) is 13.1 Å².